The van der Waals surface area contributed by atoms with Gasteiger partial charge in [0.25, 0.3) is 0 Å². The van der Waals surface area contributed by atoms with E-state index in [0.29, 0.717) is 11.0 Å². The van der Waals surface area contributed by atoms with Crippen LogP contribution in [0.5, 0.6) is 0 Å². The number of hydrogen-bond acceptors (Lipinski definition) is 3. The average Bonchev–Trinajstić information content (AvgIpc) is 3.25. The van der Waals surface area contributed by atoms with Crippen LogP contribution in [0.25, 0.3) is 5.69 Å². The third kappa shape index (κ3) is 3.02. The van der Waals surface area contributed by atoms with Gasteiger partial charge in [0.2, 0.25) is 0 Å². The Morgan fingerprint density at radius 3 is 2.64 bits per heavy atom. The fraction of sp³-hybridized carbons (Fsp3) is 0.105. The normalized spacial score (nSPS) is 13.1. The first kappa shape index (κ1) is 15.8. The summed E-state index contributed by atoms with van der Waals surface area (Å²) in [4.78, 5) is 12.5. The molecular weight excluding hydrogens is 320 g/mol. The molecule has 0 saturated carbocycles. The molecule has 0 unspecified atom stereocenters. The first-order chi connectivity index (χ1) is 12.1. The summed E-state index contributed by atoms with van der Waals surface area (Å²) in [6.45, 7) is 0.156. The Labute approximate surface area is 144 Å². The molecule has 0 saturated heterocycles. The number of hydrogen-bond donors (Lipinski definition) is 1. The van der Waals surface area contributed by atoms with Gasteiger partial charge >= 0.3 is 7.12 Å². The fourth-order valence-electron chi connectivity index (χ4n) is 3.03. The largest absolute Gasteiger partial charge is 0.491 e. The second-order valence-electron chi connectivity index (χ2n) is 6.05. The minimum absolute atomic E-state index is 0.0159. The Morgan fingerprint density at radius 2 is 1.92 bits per heavy atom. The molecule has 4 nitrogen and oxygen atoms in total. The van der Waals surface area contributed by atoms with Gasteiger partial charge in [0.1, 0.15) is 5.82 Å². The number of Topliss-reactive ketones (excluding diaryl/α,β-unsaturated/α-hetero) is 1. The highest BCUT2D eigenvalue weighted by atomic mass is 19.1. The third-order valence-corrected chi connectivity index (χ3v) is 4.40. The number of carbonyl (C=O) groups is 1. The molecule has 0 fully saturated rings. The molecule has 0 radical (unpaired) electrons. The van der Waals surface area contributed by atoms with Gasteiger partial charge in [-0.3, -0.25) is 4.79 Å². The molecule has 1 N–H and O–H groups in total. The Bertz CT molecular complexity index is 923. The zero-order valence-electron chi connectivity index (χ0n) is 13.4. The van der Waals surface area contributed by atoms with E-state index in [2.05, 4.69) is 0 Å². The van der Waals surface area contributed by atoms with Crippen LogP contribution in [-0.4, -0.2) is 22.5 Å². The SMILES string of the molecule is O=C(Cc1ccc(-n2cccc2)cc1)c1cc2c(cc1F)COB2O. The molecule has 0 aliphatic carbocycles. The van der Waals surface area contributed by atoms with Gasteiger partial charge in [0.05, 0.1) is 12.2 Å². The fourth-order valence-corrected chi connectivity index (χ4v) is 3.03. The smallest absolute Gasteiger partial charge is 0.423 e. The summed E-state index contributed by atoms with van der Waals surface area (Å²) in [7, 11) is -1.09. The number of fused-ring (bicyclic) bond motifs is 1. The lowest BCUT2D eigenvalue weighted by molar-refractivity contribution is 0.0989. The molecule has 2 heterocycles. The predicted octanol–water partition coefficient (Wildman–Crippen LogP) is 2.26. The van der Waals surface area contributed by atoms with Crippen molar-refractivity contribution in [2.75, 3.05) is 0 Å². The van der Waals surface area contributed by atoms with Crippen molar-refractivity contribution in [1.29, 1.82) is 0 Å². The highest BCUT2D eigenvalue weighted by Gasteiger charge is 2.29. The zero-order chi connectivity index (χ0) is 17.4. The molecule has 6 heteroatoms. The number of halogens is 1. The van der Waals surface area contributed by atoms with Crippen molar-refractivity contribution in [3.63, 3.8) is 0 Å². The minimum atomic E-state index is -1.09. The highest BCUT2D eigenvalue weighted by Crippen LogP contribution is 2.18. The second kappa shape index (κ2) is 6.31. The number of carbonyl (C=O) groups excluding carboxylic acids is 1. The number of benzene rings is 2. The summed E-state index contributed by atoms with van der Waals surface area (Å²) >= 11 is 0. The van der Waals surface area contributed by atoms with Crippen molar-refractivity contribution >= 4 is 18.4 Å². The molecule has 0 amide bonds. The second-order valence-corrected chi connectivity index (χ2v) is 6.05. The van der Waals surface area contributed by atoms with Crippen molar-refractivity contribution in [2.45, 2.75) is 13.0 Å². The summed E-state index contributed by atoms with van der Waals surface area (Å²) < 4.78 is 21.2. The van der Waals surface area contributed by atoms with Crippen LogP contribution in [0.15, 0.2) is 60.9 Å². The maximum Gasteiger partial charge on any atom is 0.491 e. The van der Waals surface area contributed by atoms with Gasteiger partial charge < -0.3 is 14.2 Å². The molecule has 25 heavy (non-hydrogen) atoms. The van der Waals surface area contributed by atoms with E-state index in [4.69, 9.17) is 4.65 Å². The maximum absolute atomic E-state index is 14.2. The number of nitrogens with zero attached hydrogens (tertiary/aromatic N) is 1. The van der Waals surface area contributed by atoms with Gasteiger partial charge in [-0.05, 0) is 53.0 Å². The summed E-state index contributed by atoms with van der Waals surface area (Å²) in [5.41, 5.74) is 2.82. The van der Waals surface area contributed by atoms with Crippen molar-refractivity contribution in [3.8, 4) is 5.69 Å². The molecule has 124 valence electrons. The zero-order valence-corrected chi connectivity index (χ0v) is 13.4. The van der Waals surface area contributed by atoms with Gasteiger partial charge in [0, 0.05) is 24.5 Å². The van der Waals surface area contributed by atoms with Crippen molar-refractivity contribution in [1.82, 2.24) is 4.57 Å². The van der Waals surface area contributed by atoms with E-state index in [9.17, 15) is 14.2 Å². The summed E-state index contributed by atoms with van der Waals surface area (Å²) in [5, 5.41) is 9.73. The Kier molecular flexibility index (Phi) is 3.99. The quantitative estimate of drug-likeness (QED) is 0.588. The number of ketones is 1. The van der Waals surface area contributed by atoms with E-state index in [-0.39, 0.29) is 24.4 Å². The van der Waals surface area contributed by atoms with Crippen LogP contribution in [0.2, 0.25) is 0 Å². The van der Waals surface area contributed by atoms with Crippen LogP contribution < -0.4 is 5.46 Å². The standard InChI is InChI=1S/C19H15BFNO3/c21-18-10-14-12-25-20(24)17(14)11-16(18)19(23)9-13-3-5-15(6-4-13)22-7-1-2-8-22/h1-8,10-11,24H,9,12H2. The van der Waals surface area contributed by atoms with Gasteiger partial charge in [-0.1, -0.05) is 12.1 Å². The van der Waals surface area contributed by atoms with E-state index in [1.165, 1.54) is 12.1 Å². The molecule has 1 aromatic heterocycles. The van der Waals surface area contributed by atoms with Crippen LogP contribution in [-0.2, 0) is 17.7 Å². The maximum atomic E-state index is 14.2. The molecule has 0 spiro atoms. The molecule has 2 aromatic carbocycles. The monoisotopic (exact) mass is 335 g/mol. The molecule has 0 atom stereocenters. The molecular formula is C19H15BFNO3. The van der Waals surface area contributed by atoms with Crippen molar-refractivity contribution in [3.05, 3.63) is 83.4 Å². The summed E-state index contributed by atoms with van der Waals surface area (Å²) in [6.07, 6.45) is 3.97. The van der Waals surface area contributed by atoms with E-state index in [0.717, 1.165) is 11.3 Å². The number of aromatic nitrogens is 1. The Morgan fingerprint density at radius 1 is 1.20 bits per heavy atom. The minimum Gasteiger partial charge on any atom is -0.423 e. The van der Waals surface area contributed by atoms with Crippen molar-refractivity contribution in [2.24, 2.45) is 0 Å². The summed E-state index contributed by atoms with van der Waals surface area (Å²) in [6, 6.07) is 14.1. The van der Waals surface area contributed by atoms with Gasteiger partial charge in [-0.25, -0.2) is 4.39 Å². The Hall–Kier alpha value is -2.70. The summed E-state index contributed by atoms with van der Waals surface area (Å²) in [5.74, 6) is -0.904. The predicted molar refractivity (Wildman–Crippen MR) is 92.6 cm³/mol. The lowest BCUT2D eigenvalue weighted by Gasteiger charge is -2.08. The average molecular weight is 335 g/mol. The molecule has 0 bridgehead atoms. The van der Waals surface area contributed by atoms with Gasteiger partial charge in [0.15, 0.2) is 5.78 Å². The molecule has 4 rings (SSSR count). The van der Waals surface area contributed by atoms with E-state index in [1.54, 1.807) is 0 Å². The number of rotatable bonds is 4. The lowest BCUT2D eigenvalue weighted by Crippen LogP contribution is -2.29. The van der Waals surface area contributed by atoms with Crippen LogP contribution >= 0.6 is 0 Å². The topological polar surface area (TPSA) is 51.5 Å². The van der Waals surface area contributed by atoms with Crippen LogP contribution in [0, 0.1) is 5.82 Å². The molecule has 3 aromatic rings. The Balaban J connectivity index is 1.55. The van der Waals surface area contributed by atoms with Gasteiger partial charge in [-0.15, -0.1) is 0 Å². The van der Waals surface area contributed by atoms with Gasteiger partial charge in [-0.2, -0.15) is 0 Å². The van der Waals surface area contributed by atoms with E-state index in [1.807, 2.05) is 53.4 Å². The first-order valence-electron chi connectivity index (χ1n) is 7.99. The van der Waals surface area contributed by atoms with E-state index < -0.39 is 12.9 Å². The van der Waals surface area contributed by atoms with Crippen LogP contribution in [0.4, 0.5) is 4.39 Å². The molecule has 1 aliphatic heterocycles. The van der Waals surface area contributed by atoms with Crippen LogP contribution in [0.3, 0.4) is 0 Å². The molecule has 1 aliphatic rings. The highest BCUT2D eigenvalue weighted by molar-refractivity contribution is 6.61. The van der Waals surface area contributed by atoms with Crippen LogP contribution in [0.1, 0.15) is 21.5 Å². The first-order valence-corrected chi connectivity index (χ1v) is 7.99. The van der Waals surface area contributed by atoms with Crippen molar-refractivity contribution < 1.29 is 18.9 Å². The van der Waals surface area contributed by atoms with E-state index >= 15 is 0 Å². The third-order valence-electron chi connectivity index (χ3n) is 4.40. The lowest BCUT2D eigenvalue weighted by atomic mass is 9.78.